The van der Waals surface area contributed by atoms with Crippen LogP contribution in [0, 0.1) is 6.92 Å². The first-order chi connectivity index (χ1) is 10.0. The van der Waals surface area contributed by atoms with E-state index in [4.69, 9.17) is 5.11 Å². The normalized spacial score (nSPS) is 10.8. The summed E-state index contributed by atoms with van der Waals surface area (Å²) < 4.78 is 0. The average Bonchev–Trinajstić information content (AvgIpc) is 2.45. The molecule has 0 spiro atoms. The summed E-state index contributed by atoms with van der Waals surface area (Å²) in [4.78, 5) is 22.7. The van der Waals surface area contributed by atoms with Crippen LogP contribution in [-0.2, 0) is 4.79 Å². The minimum absolute atomic E-state index is 0.102. The van der Waals surface area contributed by atoms with Crippen molar-refractivity contribution in [1.29, 1.82) is 0 Å². The van der Waals surface area contributed by atoms with Gasteiger partial charge in [0.15, 0.2) is 0 Å². The van der Waals surface area contributed by atoms with Crippen molar-refractivity contribution in [2.24, 2.45) is 0 Å². The lowest BCUT2D eigenvalue weighted by molar-refractivity contribution is -0.131. The number of rotatable bonds is 8. The standard InChI is InChI=1S/C17H23NO3/c1-3-4-5-6-11-18-17(21)15-12-14(8-7-13(15)2)9-10-16(19)20/h7-10,12H,3-6,11H2,1-2H3,(H,18,21)(H,19,20). The zero-order chi connectivity index (χ0) is 15.7. The summed E-state index contributed by atoms with van der Waals surface area (Å²) in [7, 11) is 0. The van der Waals surface area contributed by atoms with E-state index in [0.29, 0.717) is 17.7 Å². The average molecular weight is 289 g/mol. The molecule has 0 atom stereocenters. The maximum atomic E-state index is 12.1. The van der Waals surface area contributed by atoms with Gasteiger partial charge in [0.1, 0.15) is 0 Å². The molecule has 21 heavy (non-hydrogen) atoms. The van der Waals surface area contributed by atoms with Gasteiger partial charge in [-0.05, 0) is 36.6 Å². The van der Waals surface area contributed by atoms with E-state index in [-0.39, 0.29) is 5.91 Å². The van der Waals surface area contributed by atoms with Crippen LogP contribution >= 0.6 is 0 Å². The molecular weight excluding hydrogens is 266 g/mol. The fourth-order valence-electron chi connectivity index (χ4n) is 2.00. The topological polar surface area (TPSA) is 66.4 Å². The highest BCUT2D eigenvalue weighted by Gasteiger charge is 2.08. The summed E-state index contributed by atoms with van der Waals surface area (Å²) in [5.41, 5.74) is 2.19. The lowest BCUT2D eigenvalue weighted by atomic mass is 10.0. The second-order valence-electron chi connectivity index (χ2n) is 5.06. The van der Waals surface area contributed by atoms with Crippen molar-refractivity contribution >= 4 is 18.0 Å². The molecule has 1 aromatic carbocycles. The van der Waals surface area contributed by atoms with Crippen LogP contribution in [0.25, 0.3) is 6.08 Å². The van der Waals surface area contributed by atoms with E-state index in [9.17, 15) is 9.59 Å². The van der Waals surface area contributed by atoms with Gasteiger partial charge < -0.3 is 10.4 Å². The first-order valence-corrected chi connectivity index (χ1v) is 7.34. The van der Waals surface area contributed by atoms with Crippen molar-refractivity contribution in [1.82, 2.24) is 5.32 Å². The molecular formula is C17H23NO3. The molecule has 2 N–H and O–H groups in total. The van der Waals surface area contributed by atoms with Crippen molar-refractivity contribution < 1.29 is 14.7 Å². The van der Waals surface area contributed by atoms with E-state index in [1.54, 1.807) is 12.1 Å². The van der Waals surface area contributed by atoms with Gasteiger partial charge in [-0.15, -0.1) is 0 Å². The Morgan fingerprint density at radius 3 is 2.67 bits per heavy atom. The first-order valence-electron chi connectivity index (χ1n) is 7.34. The molecule has 1 aromatic rings. The Hall–Kier alpha value is -2.10. The maximum absolute atomic E-state index is 12.1. The monoisotopic (exact) mass is 289 g/mol. The van der Waals surface area contributed by atoms with Crippen LogP contribution < -0.4 is 5.32 Å². The SMILES string of the molecule is CCCCCCNC(=O)c1cc(C=CC(=O)O)ccc1C. The lowest BCUT2D eigenvalue weighted by Gasteiger charge is -2.08. The summed E-state index contributed by atoms with van der Waals surface area (Å²) >= 11 is 0. The second-order valence-corrected chi connectivity index (χ2v) is 5.06. The molecule has 0 heterocycles. The van der Waals surface area contributed by atoms with Crippen LogP contribution in [0.4, 0.5) is 0 Å². The number of nitrogens with one attached hydrogen (secondary N) is 1. The Morgan fingerprint density at radius 2 is 2.00 bits per heavy atom. The number of hydrogen-bond acceptors (Lipinski definition) is 2. The molecule has 0 unspecified atom stereocenters. The van der Waals surface area contributed by atoms with Gasteiger partial charge >= 0.3 is 5.97 Å². The molecule has 1 amide bonds. The molecule has 0 radical (unpaired) electrons. The number of benzene rings is 1. The van der Waals surface area contributed by atoms with E-state index in [0.717, 1.165) is 24.5 Å². The van der Waals surface area contributed by atoms with Crippen molar-refractivity contribution in [3.8, 4) is 0 Å². The van der Waals surface area contributed by atoms with Crippen LogP contribution in [0.1, 0.15) is 54.1 Å². The molecule has 0 bridgehead atoms. The molecule has 0 aliphatic carbocycles. The number of carboxylic acids is 1. The molecule has 1 rings (SSSR count). The Labute approximate surface area is 125 Å². The lowest BCUT2D eigenvalue weighted by Crippen LogP contribution is -2.25. The number of carbonyl (C=O) groups is 2. The van der Waals surface area contributed by atoms with Gasteiger partial charge in [-0.2, -0.15) is 0 Å². The van der Waals surface area contributed by atoms with Crippen LogP contribution in [0.5, 0.6) is 0 Å². The van der Waals surface area contributed by atoms with Crippen molar-refractivity contribution in [3.05, 3.63) is 41.0 Å². The number of carboxylic acid groups (broad SMARTS) is 1. The van der Waals surface area contributed by atoms with Gasteiger partial charge in [0.05, 0.1) is 0 Å². The number of amides is 1. The van der Waals surface area contributed by atoms with Gasteiger partial charge in [0.25, 0.3) is 5.91 Å². The summed E-state index contributed by atoms with van der Waals surface area (Å²) in [6.45, 7) is 4.70. The third-order valence-electron chi connectivity index (χ3n) is 3.24. The molecule has 0 aliphatic rings. The third kappa shape index (κ3) is 6.25. The van der Waals surface area contributed by atoms with E-state index in [1.165, 1.54) is 18.9 Å². The van der Waals surface area contributed by atoms with Crippen molar-refractivity contribution in [2.45, 2.75) is 39.5 Å². The number of unbranched alkanes of at least 4 members (excludes halogenated alkanes) is 3. The Morgan fingerprint density at radius 1 is 1.24 bits per heavy atom. The molecule has 4 nitrogen and oxygen atoms in total. The molecule has 0 saturated heterocycles. The minimum atomic E-state index is -1.00. The third-order valence-corrected chi connectivity index (χ3v) is 3.24. The molecule has 0 aliphatic heterocycles. The molecule has 114 valence electrons. The predicted octanol–water partition coefficient (Wildman–Crippen LogP) is 3.40. The number of hydrogen-bond donors (Lipinski definition) is 2. The predicted molar refractivity (Wildman–Crippen MR) is 84.3 cm³/mol. The highest BCUT2D eigenvalue weighted by molar-refractivity contribution is 5.96. The maximum Gasteiger partial charge on any atom is 0.328 e. The largest absolute Gasteiger partial charge is 0.478 e. The Balaban J connectivity index is 2.65. The number of aryl methyl sites for hydroxylation is 1. The fourth-order valence-corrected chi connectivity index (χ4v) is 2.00. The highest BCUT2D eigenvalue weighted by Crippen LogP contribution is 2.13. The van der Waals surface area contributed by atoms with E-state index >= 15 is 0 Å². The summed E-state index contributed by atoms with van der Waals surface area (Å²) in [6, 6.07) is 5.34. The fraction of sp³-hybridized carbons (Fsp3) is 0.412. The molecule has 0 aromatic heterocycles. The van der Waals surface area contributed by atoms with Crippen LogP contribution in [0.3, 0.4) is 0 Å². The van der Waals surface area contributed by atoms with Crippen LogP contribution in [0.2, 0.25) is 0 Å². The summed E-state index contributed by atoms with van der Waals surface area (Å²) in [5.74, 6) is -1.10. The van der Waals surface area contributed by atoms with Gasteiger partial charge in [-0.3, -0.25) is 4.79 Å². The van der Waals surface area contributed by atoms with Crippen molar-refractivity contribution in [3.63, 3.8) is 0 Å². The van der Waals surface area contributed by atoms with Gasteiger partial charge in [-0.1, -0.05) is 38.3 Å². The van der Waals surface area contributed by atoms with Crippen LogP contribution in [-0.4, -0.2) is 23.5 Å². The number of carbonyl (C=O) groups excluding carboxylic acids is 1. The van der Waals surface area contributed by atoms with Gasteiger partial charge in [-0.25, -0.2) is 4.79 Å². The highest BCUT2D eigenvalue weighted by atomic mass is 16.4. The molecule has 0 saturated carbocycles. The Kier molecular flexibility index (Phi) is 7.23. The quantitative estimate of drug-likeness (QED) is 0.569. The minimum Gasteiger partial charge on any atom is -0.478 e. The van der Waals surface area contributed by atoms with E-state index < -0.39 is 5.97 Å². The smallest absolute Gasteiger partial charge is 0.328 e. The van der Waals surface area contributed by atoms with E-state index in [1.807, 2.05) is 13.0 Å². The van der Waals surface area contributed by atoms with Crippen molar-refractivity contribution in [2.75, 3.05) is 6.54 Å². The zero-order valence-corrected chi connectivity index (χ0v) is 12.7. The van der Waals surface area contributed by atoms with Gasteiger partial charge in [0, 0.05) is 18.2 Å². The summed E-state index contributed by atoms with van der Waals surface area (Å²) in [6.07, 6.45) is 7.01. The molecule has 4 heteroatoms. The van der Waals surface area contributed by atoms with Gasteiger partial charge in [0.2, 0.25) is 0 Å². The van der Waals surface area contributed by atoms with Crippen LogP contribution in [0.15, 0.2) is 24.3 Å². The molecule has 0 fully saturated rings. The van der Waals surface area contributed by atoms with E-state index in [2.05, 4.69) is 12.2 Å². The first kappa shape index (κ1) is 17.0. The second kappa shape index (κ2) is 8.95. The Bertz CT molecular complexity index is 521. The number of aliphatic carboxylic acids is 1. The summed E-state index contributed by atoms with van der Waals surface area (Å²) in [5, 5.41) is 11.5. The zero-order valence-electron chi connectivity index (χ0n) is 12.7.